The van der Waals surface area contributed by atoms with Gasteiger partial charge in [-0.1, -0.05) is 17.7 Å². The van der Waals surface area contributed by atoms with Crippen molar-refractivity contribution in [3.63, 3.8) is 0 Å². The Morgan fingerprint density at radius 3 is 2.10 bits per heavy atom. The zero-order valence-electron chi connectivity index (χ0n) is 12.8. The third-order valence-corrected chi connectivity index (χ3v) is 5.57. The smallest absolute Gasteiger partial charge is 0.243 e. The molecule has 0 saturated heterocycles. The Balaban J connectivity index is 2.93. The fraction of sp³-hybridized carbons (Fsp3) is 0.600. The predicted octanol–water partition coefficient (Wildman–Crippen LogP) is 2.39. The van der Waals surface area contributed by atoms with Crippen molar-refractivity contribution in [1.29, 1.82) is 0 Å². The molecule has 0 saturated carbocycles. The minimum absolute atomic E-state index is 0.159. The lowest BCUT2D eigenvalue weighted by Crippen LogP contribution is -2.29. The molecule has 0 aliphatic carbocycles. The first-order valence-electron chi connectivity index (χ1n) is 6.95. The summed E-state index contributed by atoms with van der Waals surface area (Å²) in [4.78, 5) is 0.424. The van der Waals surface area contributed by atoms with Gasteiger partial charge in [0.1, 0.15) is 0 Å². The van der Waals surface area contributed by atoms with E-state index in [0.29, 0.717) is 11.4 Å². The molecule has 0 radical (unpaired) electrons. The van der Waals surface area contributed by atoms with Gasteiger partial charge >= 0.3 is 0 Å². The van der Waals surface area contributed by atoms with Crippen molar-refractivity contribution in [2.45, 2.75) is 44.9 Å². The molecule has 0 aromatic heterocycles. The highest BCUT2D eigenvalue weighted by molar-refractivity contribution is 7.89. The summed E-state index contributed by atoms with van der Waals surface area (Å²) in [6.07, 6.45) is 2.32. The summed E-state index contributed by atoms with van der Waals surface area (Å²) >= 11 is 0. The molecule has 1 aromatic rings. The first kappa shape index (κ1) is 17.1. The third-order valence-electron chi connectivity index (χ3n) is 3.40. The Labute approximate surface area is 122 Å². The van der Waals surface area contributed by atoms with Crippen molar-refractivity contribution in [1.82, 2.24) is 4.31 Å². The molecule has 114 valence electrons. The van der Waals surface area contributed by atoms with Crippen molar-refractivity contribution in [2.24, 2.45) is 0 Å². The van der Waals surface area contributed by atoms with Crippen LogP contribution >= 0.6 is 0 Å². The van der Waals surface area contributed by atoms with Gasteiger partial charge in [-0.05, 0) is 51.2 Å². The Hall–Kier alpha value is -0.910. The molecule has 20 heavy (non-hydrogen) atoms. The van der Waals surface area contributed by atoms with Crippen LogP contribution < -0.4 is 0 Å². The van der Waals surface area contributed by atoms with Gasteiger partial charge in [0, 0.05) is 20.2 Å². The van der Waals surface area contributed by atoms with Gasteiger partial charge in [-0.2, -0.15) is 0 Å². The number of hydrogen-bond donors (Lipinski definition) is 1. The van der Waals surface area contributed by atoms with Crippen LogP contribution in [-0.4, -0.2) is 38.0 Å². The second kappa shape index (κ2) is 7.20. The summed E-state index contributed by atoms with van der Waals surface area (Å²) in [5, 5.41) is 8.74. The molecule has 0 heterocycles. The van der Waals surface area contributed by atoms with Gasteiger partial charge in [0.15, 0.2) is 0 Å². The van der Waals surface area contributed by atoms with E-state index in [9.17, 15) is 8.42 Å². The molecule has 1 rings (SSSR count). The van der Waals surface area contributed by atoms with Crippen LogP contribution in [0.25, 0.3) is 0 Å². The van der Waals surface area contributed by atoms with Crippen molar-refractivity contribution >= 4 is 10.0 Å². The zero-order valence-corrected chi connectivity index (χ0v) is 13.6. The third kappa shape index (κ3) is 4.04. The molecule has 0 spiro atoms. The van der Waals surface area contributed by atoms with E-state index in [0.717, 1.165) is 36.0 Å². The summed E-state index contributed by atoms with van der Waals surface area (Å²) in [6.45, 7) is 6.29. The van der Waals surface area contributed by atoms with E-state index in [1.807, 2.05) is 32.9 Å². The topological polar surface area (TPSA) is 57.6 Å². The van der Waals surface area contributed by atoms with Gasteiger partial charge in [-0.25, -0.2) is 12.7 Å². The number of hydrogen-bond acceptors (Lipinski definition) is 3. The van der Waals surface area contributed by atoms with E-state index < -0.39 is 10.0 Å². The number of aliphatic hydroxyl groups excluding tert-OH is 1. The Morgan fingerprint density at radius 1 is 1.05 bits per heavy atom. The molecule has 0 atom stereocenters. The van der Waals surface area contributed by atoms with Gasteiger partial charge in [-0.3, -0.25) is 0 Å². The maximum Gasteiger partial charge on any atom is 0.243 e. The number of aliphatic hydroxyl groups is 1. The van der Waals surface area contributed by atoms with Crippen molar-refractivity contribution < 1.29 is 13.5 Å². The van der Waals surface area contributed by atoms with Gasteiger partial charge in [0.25, 0.3) is 0 Å². The van der Waals surface area contributed by atoms with Gasteiger partial charge in [0.2, 0.25) is 10.0 Å². The lowest BCUT2D eigenvalue weighted by molar-refractivity contribution is 0.281. The van der Waals surface area contributed by atoms with E-state index in [-0.39, 0.29) is 6.61 Å². The summed E-state index contributed by atoms with van der Waals surface area (Å²) in [7, 11) is -1.82. The van der Waals surface area contributed by atoms with Crippen molar-refractivity contribution in [3.05, 3.63) is 28.8 Å². The van der Waals surface area contributed by atoms with Crippen LogP contribution in [0.15, 0.2) is 17.0 Å². The van der Waals surface area contributed by atoms with E-state index in [1.165, 1.54) is 4.31 Å². The normalized spacial score (nSPS) is 12.1. The Bertz CT molecular complexity index is 529. The minimum atomic E-state index is -3.43. The summed E-state index contributed by atoms with van der Waals surface area (Å²) < 4.78 is 26.7. The number of nitrogens with zero attached hydrogens (tertiary/aromatic N) is 1. The monoisotopic (exact) mass is 299 g/mol. The second-order valence-corrected chi connectivity index (χ2v) is 7.32. The summed E-state index contributed by atoms with van der Waals surface area (Å²) in [5.74, 6) is 0. The van der Waals surface area contributed by atoms with Gasteiger partial charge < -0.3 is 5.11 Å². The molecule has 0 aliphatic rings. The van der Waals surface area contributed by atoms with Crippen LogP contribution in [0.2, 0.25) is 0 Å². The average molecular weight is 299 g/mol. The number of rotatable bonds is 7. The van der Waals surface area contributed by atoms with Crippen LogP contribution in [0.3, 0.4) is 0 Å². The highest BCUT2D eigenvalue weighted by atomic mass is 32.2. The van der Waals surface area contributed by atoms with Gasteiger partial charge in [0.05, 0.1) is 4.90 Å². The van der Waals surface area contributed by atoms with E-state index in [2.05, 4.69) is 0 Å². The molecule has 0 aliphatic heterocycles. The Morgan fingerprint density at radius 2 is 1.60 bits per heavy atom. The number of sulfonamides is 1. The molecule has 0 bridgehead atoms. The van der Waals surface area contributed by atoms with Crippen LogP contribution in [-0.2, 0) is 10.0 Å². The fourth-order valence-electron chi connectivity index (χ4n) is 2.47. The second-order valence-electron chi connectivity index (χ2n) is 5.34. The van der Waals surface area contributed by atoms with Gasteiger partial charge in [-0.15, -0.1) is 0 Å². The number of unbranched alkanes of at least 4 members (excludes halogenated alkanes) is 2. The highest BCUT2D eigenvalue weighted by Crippen LogP contribution is 2.24. The average Bonchev–Trinajstić information content (AvgIpc) is 2.32. The summed E-state index contributed by atoms with van der Waals surface area (Å²) in [6, 6.07) is 3.80. The molecule has 5 heteroatoms. The molecule has 0 unspecified atom stereocenters. The SMILES string of the molecule is Cc1cc(C)c(S(=O)(=O)N(C)CCCCCO)c(C)c1. The summed E-state index contributed by atoms with van der Waals surface area (Å²) in [5.41, 5.74) is 2.67. The molecule has 1 N–H and O–H groups in total. The first-order valence-corrected chi connectivity index (χ1v) is 8.39. The first-order chi connectivity index (χ1) is 9.30. The number of aryl methyl sites for hydroxylation is 3. The molecule has 0 fully saturated rings. The maximum absolute atomic E-state index is 12.6. The number of benzene rings is 1. The quantitative estimate of drug-likeness (QED) is 0.787. The highest BCUT2D eigenvalue weighted by Gasteiger charge is 2.24. The largest absolute Gasteiger partial charge is 0.396 e. The van der Waals surface area contributed by atoms with Crippen LogP contribution in [0.5, 0.6) is 0 Å². The molecule has 0 amide bonds. The van der Waals surface area contributed by atoms with Crippen molar-refractivity contribution in [3.8, 4) is 0 Å². The molecule has 4 nitrogen and oxygen atoms in total. The Kier molecular flexibility index (Phi) is 6.17. The standard InChI is InChI=1S/C15H25NO3S/c1-12-10-13(2)15(14(3)11-12)20(18,19)16(4)8-6-5-7-9-17/h10-11,17H,5-9H2,1-4H3. The van der Waals surface area contributed by atoms with Crippen LogP contribution in [0.4, 0.5) is 0 Å². The lowest BCUT2D eigenvalue weighted by atomic mass is 10.1. The van der Waals surface area contributed by atoms with Crippen LogP contribution in [0.1, 0.15) is 36.0 Å². The predicted molar refractivity (Wildman–Crippen MR) is 81.4 cm³/mol. The molecule has 1 aromatic carbocycles. The zero-order chi connectivity index (χ0) is 15.3. The van der Waals surface area contributed by atoms with E-state index in [4.69, 9.17) is 5.11 Å². The lowest BCUT2D eigenvalue weighted by Gasteiger charge is -2.20. The van der Waals surface area contributed by atoms with Crippen molar-refractivity contribution in [2.75, 3.05) is 20.2 Å². The van der Waals surface area contributed by atoms with Crippen LogP contribution in [0, 0.1) is 20.8 Å². The molecular weight excluding hydrogens is 274 g/mol. The minimum Gasteiger partial charge on any atom is -0.396 e. The maximum atomic E-state index is 12.6. The van der Waals surface area contributed by atoms with E-state index in [1.54, 1.807) is 7.05 Å². The van der Waals surface area contributed by atoms with E-state index >= 15 is 0 Å². The fourth-order valence-corrected chi connectivity index (χ4v) is 4.09. The molecular formula is C15H25NO3S.